The standard InChI is InChI=1S/C16H15F2NO2/c1-21-14(11-6-3-2-4-7-11)16(20)19-13-9-5-8-12(10-13)15(17)18/h2-10,14-15H,1H3,(H,19,20)/t14-/m0/s1. The summed E-state index contributed by atoms with van der Waals surface area (Å²) in [4.78, 5) is 12.2. The Bertz CT molecular complexity index is 602. The topological polar surface area (TPSA) is 38.3 Å². The first-order valence-electron chi connectivity index (χ1n) is 6.38. The van der Waals surface area contributed by atoms with Gasteiger partial charge in [-0.1, -0.05) is 42.5 Å². The fourth-order valence-electron chi connectivity index (χ4n) is 1.98. The van der Waals surface area contributed by atoms with E-state index in [-0.39, 0.29) is 5.56 Å². The lowest BCUT2D eigenvalue weighted by molar-refractivity contribution is -0.126. The Morgan fingerprint density at radius 2 is 1.71 bits per heavy atom. The molecule has 2 rings (SSSR count). The van der Waals surface area contributed by atoms with E-state index in [0.29, 0.717) is 11.3 Å². The highest BCUT2D eigenvalue weighted by Crippen LogP contribution is 2.23. The molecule has 0 unspecified atom stereocenters. The predicted octanol–water partition coefficient (Wildman–Crippen LogP) is 3.95. The van der Waals surface area contributed by atoms with Crippen LogP contribution in [0.15, 0.2) is 54.6 Å². The number of ether oxygens (including phenoxy) is 1. The Kier molecular flexibility index (Phi) is 5.00. The molecule has 2 aromatic rings. The van der Waals surface area contributed by atoms with Gasteiger partial charge in [-0.25, -0.2) is 8.78 Å². The minimum Gasteiger partial charge on any atom is -0.367 e. The second-order valence-corrected chi connectivity index (χ2v) is 4.44. The molecule has 0 aliphatic heterocycles. The van der Waals surface area contributed by atoms with E-state index in [9.17, 15) is 13.6 Å². The van der Waals surface area contributed by atoms with Crippen LogP contribution in [0.5, 0.6) is 0 Å². The van der Waals surface area contributed by atoms with E-state index in [1.165, 1.54) is 25.3 Å². The number of hydrogen-bond donors (Lipinski definition) is 1. The molecule has 0 saturated heterocycles. The highest BCUT2D eigenvalue weighted by Gasteiger charge is 2.20. The molecule has 1 N–H and O–H groups in total. The average molecular weight is 291 g/mol. The Balaban J connectivity index is 2.15. The molecule has 0 heterocycles. The molecule has 0 saturated carbocycles. The number of hydrogen-bond acceptors (Lipinski definition) is 2. The minimum absolute atomic E-state index is 0.138. The average Bonchev–Trinajstić information content (AvgIpc) is 2.49. The maximum atomic E-state index is 12.6. The van der Waals surface area contributed by atoms with Crippen LogP contribution in [0.1, 0.15) is 23.7 Å². The maximum Gasteiger partial charge on any atom is 0.263 e. The summed E-state index contributed by atoms with van der Waals surface area (Å²) in [5, 5.41) is 2.59. The van der Waals surface area contributed by atoms with Gasteiger partial charge >= 0.3 is 0 Å². The molecule has 1 atom stereocenters. The number of carbonyl (C=O) groups excluding carboxylic acids is 1. The Hall–Kier alpha value is -2.27. The van der Waals surface area contributed by atoms with Crippen molar-refractivity contribution in [1.82, 2.24) is 0 Å². The van der Waals surface area contributed by atoms with E-state index in [1.807, 2.05) is 6.07 Å². The highest BCUT2D eigenvalue weighted by molar-refractivity contribution is 5.94. The number of methoxy groups -OCH3 is 1. The predicted molar refractivity (Wildman–Crippen MR) is 76.2 cm³/mol. The summed E-state index contributed by atoms with van der Waals surface area (Å²) in [6.07, 6.45) is -3.37. The van der Waals surface area contributed by atoms with E-state index in [0.717, 1.165) is 0 Å². The van der Waals surface area contributed by atoms with Crippen LogP contribution in [0.2, 0.25) is 0 Å². The van der Waals surface area contributed by atoms with E-state index >= 15 is 0 Å². The first kappa shape index (κ1) is 15.1. The first-order chi connectivity index (χ1) is 10.1. The van der Waals surface area contributed by atoms with Gasteiger partial charge in [-0.15, -0.1) is 0 Å². The summed E-state index contributed by atoms with van der Waals surface area (Å²) < 4.78 is 30.5. The number of halogens is 2. The SMILES string of the molecule is CO[C@H](C(=O)Nc1cccc(C(F)F)c1)c1ccccc1. The Morgan fingerprint density at radius 1 is 1.05 bits per heavy atom. The van der Waals surface area contributed by atoms with Crippen molar-refractivity contribution in [2.24, 2.45) is 0 Å². The second-order valence-electron chi connectivity index (χ2n) is 4.44. The van der Waals surface area contributed by atoms with Crippen molar-refractivity contribution in [3.05, 3.63) is 65.7 Å². The fourth-order valence-corrected chi connectivity index (χ4v) is 1.98. The van der Waals surface area contributed by atoms with Crippen molar-refractivity contribution in [3.63, 3.8) is 0 Å². The van der Waals surface area contributed by atoms with Gasteiger partial charge in [0.2, 0.25) is 0 Å². The molecule has 2 aromatic carbocycles. The molecule has 5 heteroatoms. The molecule has 0 aliphatic rings. The summed E-state index contributed by atoms with van der Waals surface area (Å²) in [6.45, 7) is 0. The van der Waals surface area contributed by atoms with E-state index in [2.05, 4.69) is 5.32 Å². The number of carbonyl (C=O) groups is 1. The first-order valence-corrected chi connectivity index (χ1v) is 6.38. The number of amides is 1. The lowest BCUT2D eigenvalue weighted by Crippen LogP contribution is -2.22. The zero-order valence-electron chi connectivity index (χ0n) is 11.4. The number of anilines is 1. The van der Waals surface area contributed by atoms with Crippen LogP contribution >= 0.6 is 0 Å². The van der Waals surface area contributed by atoms with Gasteiger partial charge in [-0.2, -0.15) is 0 Å². The Labute approximate surface area is 121 Å². The van der Waals surface area contributed by atoms with Gasteiger partial charge in [0.15, 0.2) is 6.10 Å². The van der Waals surface area contributed by atoms with Crippen molar-refractivity contribution in [2.45, 2.75) is 12.5 Å². The zero-order valence-corrected chi connectivity index (χ0v) is 11.4. The van der Waals surface area contributed by atoms with Gasteiger partial charge in [0, 0.05) is 18.4 Å². The molecule has 3 nitrogen and oxygen atoms in total. The maximum absolute atomic E-state index is 12.6. The monoisotopic (exact) mass is 291 g/mol. The lowest BCUT2D eigenvalue weighted by Gasteiger charge is -2.16. The summed E-state index contributed by atoms with van der Waals surface area (Å²) >= 11 is 0. The van der Waals surface area contributed by atoms with Gasteiger partial charge < -0.3 is 10.1 Å². The summed E-state index contributed by atoms with van der Waals surface area (Å²) in [7, 11) is 1.42. The molecule has 21 heavy (non-hydrogen) atoms. The van der Waals surface area contributed by atoms with Crippen LogP contribution < -0.4 is 5.32 Å². The molecule has 0 radical (unpaired) electrons. The van der Waals surface area contributed by atoms with Crippen LogP contribution in [0.25, 0.3) is 0 Å². The summed E-state index contributed by atoms with van der Waals surface area (Å²) in [5.74, 6) is -0.407. The molecule has 0 bridgehead atoms. The van der Waals surface area contributed by atoms with Crippen LogP contribution in [0.3, 0.4) is 0 Å². The zero-order chi connectivity index (χ0) is 15.2. The van der Waals surface area contributed by atoms with Gasteiger partial charge in [0.05, 0.1) is 0 Å². The number of benzene rings is 2. The largest absolute Gasteiger partial charge is 0.367 e. The molecular formula is C16H15F2NO2. The molecule has 0 spiro atoms. The van der Waals surface area contributed by atoms with Crippen LogP contribution in [0, 0.1) is 0 Å². The van der Waals surface area contributed by atoms with Gasteiger partial charge in [-0.3, -0.25) is 4.79 Å². The number of nitrogens with one attached hydrogen (secondary N) is 1. The van der Waals surface area contributed by atoms with Gasteiger partial charge in [0.1, 0.15) is 0 Å². The summed E-state index contributed by atoms with van der Waals surface area (Å²) in [6, 6.07) is 14.6. The molecule has 0 aromatic heterocycles. The number of alkyl halides is 2. The highest BCUT2D eigenvalue weighted by atomic mass is 19.3. The van der Waals surface area contributed by atoms with Crippen molar-refractivity contribution in [1.29, 1.82) is 0 Å². The summed E-state index contributed by atoms with van der Waals surface area (Å²) in [5.41, 5.74) is 0.875. The fraction of sp³-hybridized carbons (Fsp3) is 0.188. The quantitative estimate of drug-likeness (QED) is 0.905. The molecule has 0 aliphatic carbocycles. The molecule has 110 valence electrons. The van der Waals surface area contributed by atoms with Crippen molar-refractivity contribution < 1.29 is 18.3 Å². The molecular weight excluding hydrogens is 276 g/mol. The van der Waals surface area contributed by atoms with Crippen molar-refractivity contribution >= 4 is 11.6 Å². The van der Waals surface area contributed by atoms with Crippen LogP contribution in [-0.4, -0.2) is 13.0 Å². The van der Waals surface area contributed by atoms with Crippen molar-refractivity contribution in [3.8, 4) is 0 Å². The van der Waals surface area contributed by atoms with E-state index < -0.39 is 18.4 Å². The Morgan fingerprint density at radius 3 is 2.33 bits per heavy atom. The lowest BCUT2D eigenvalue weighted by atomic mass is 10.1. The molecule has 0 fully saturated rings. The van der Waals surface area contributed by atoms with E-state index in [4.69, 9.17) is 4.74 Å². The van der Waals surface area contributed by atoms with Gasteiger partial charge in [-0.05, 0) is 17.7 Å². The smallest absolute Gasteiger partial charge is 0.263 e. The third kappa shape index (κ3) is 3.86. The second kappa shape index (κ2) is 6.95. The normalized spacial score (nSPS) is 12.2. The minimum atomic E-state index is -2.57. The molecule has 1 amide bonds. The van der Waals surface area contributed by atoms with Gasteiger partial charge in [0.25, 0.3) is 12.3 Å². The third-order valence-electron chi connectivity index (χ3n) is 2.98. The third-order valence-corrected chi connectivity index (χ3v) is 2.98. The van der Waals surface area contributed by atoms with Crippen LogP contribution in [0.4, 0.5) is 14.5 Å². The van der Waals surface area contributed by atoms with Crippen molar-refractivity contribution in [2.75, 3.05) is 12.4 Å². The number of rotatable bonds is 5. The van der Waals surface area contributed by atoms with Crippen LogP contribution in [-0.2, 0) is 9.53 Å². The van der Waals surface area contributed by atoms with E-state index in [1.54, 1.807) is 30.3 Å².